The molecule has 1 nitrogen and oxygen atoms in total. The number of nitrogens with zero attached hydrogens (tertiary/aromatic N) is 1. The Hall–Kier alpha value is -0.180. The van der Waals surface area contributed by atoms with Crippen molar-refractivity contribution in [2.75, 3.05) is 13.1 Å². The number of hydrogen-bond donors (Lipinski definition) is 0. The van der Waals surface area contributed by atoms with Crippen LogP contribution in [0.1, 0.15) is 40.0 Å². The largest absolute Gasteiger partial charge is 0.300 e. The molecule has 0 aliphatic carbocycles. The van der Waals surface area contributed by atoms with Crippen LogP contribution in [0.5, 0.6) is 0 Å². The Labute approximate surface area is 85.5 Å². The minimum Gasteiger partial charge on any atom is -0.300 e. The van der Waals surface area contributed by atoms with Crippen LogP contribution in [-0.2, 0) is 0 Å². The summed E-state index contributed by atoms with van der Waals surface area (Å²) in [7, 11) is 0. The Balaban J connectivity index is 2.52. The van der Waals surface area contributed by atoms with Gasteiger partial charge in [0.05, 0.1) is 0 Å². The third kappa shape index (κ3) is 3.19. The molecule has 84 valence electrons. The SMILES string of the molecule is CCC1CC(F)(F)CCN1CC(C)C. The van der Waals surface area contributed by atoms with Gasteiger partial charge in [-0.3, -0.25) is 4.90 Å². The van der Waals surface area contributed by atoms with E-state index in [-0.39, 0.29) is 18.9 Å². The molecule has 0 radical (unpaired) electrons. The van der Waals surface area contributed by atoms with Gasteiger partial charge in [-0.1, -0.05) is 20.8 Å². The Kier molecular flexibility index (Phi) is 3.87. The van der Waals surface area contributed by atoms with Crippen molar-refractivity contribution in [2.45, 2.75) is 52.0 Å². The smallest absolute Gasteiger partial charge is 0.250 e. The molecule has 14 heavy (non-hydrogen) atoms. The second kappa shape index (κ2) is 4.56. The van der Waals surface area contributed by atoms with E-state index >= 15 is 0 Å². The van der Waals surface area contributed by atoms with Gasteiger partial charge in [-0.2, -0.15) is 0 Å². The molecule has 1 heterocycles. The minimum absolute atomic E-state index is 0.0379. The summed E-state index contributed by atoms with van der Waals surface area (Å²) in [6.07, 6.45) is 0.925. The molecule has 3 heteroatoms. The Morgan fingerprint density at radius 1 is 1.43 bits per heavy atom. The fourth-order valence-corrected chi connectivity index (χ4v) is 2.18. The van der Waals surface area contributed by atoms with Crippen molar-refractivity contribution in [3.05, 3.63) is 0 Å². The van der Waals surface area contributed by atoms with Gasteiger partial charge in [-0.15, -0.1) is 0 Å². The molecular formula is C11H21F2N. The van der Waals surface area contributed by atoms with Crippen LogP contribution in [-0.4, -0.2) is 30.0 Å². The summed E-state index contributed by atoms with van der Waals surface area (Å²) in [6, 6.07) is 0.0844. The van der Waals surface area contributed by atoms with Crippen LogP contribution in [0.3, 0.4) is 0 Å². The van der Waals surface area contributed by atoms with Crippen molar-refractivity contribution in [1.82, 2.24) is 4.90 Å². The van der Waals surface area contributed by atoms with Gasteiger partial charge >= 0.3 is 0 Å². The Morgan fingerprint density at radius 3 is 2.57 bits per heavy atom. The summed E-state index contributed by atoms with van der Waals surface area (Å²) in [6.45, 7) is 7.79. The highest BCUT2D eigenvalue weighted by Gasteiger charge is 2.39. The van der Waals surface area contributed by atoms with Crippen LogP contribution in [0, 0.1) is 5.92 Å². The molecule has 0 bridgehead atoms. The predicted octanol–water partition coefficient (Wildman–Crippen LogP) is 3.15. The van der Waals surface area contributed by atoms with E-state index in [2.05, 4.69) is 18.7 Å². The van der Waals surface area contributed by atoms with Gasteiger partial charge in [0.15, 0.2) is 0 Å². The van der Waals surface area contributed by atoms with E-state index in [0.717, 1.165) is 13.0 Å². The molecule has 0 amide bonds. The van der Waals surface area contributed by atoms with Crippen LogP contribution in [0.15, 0.2) is 0 Å². The average Bonchev–Trinajstić information content (AvgIpc) is 2.07. The topological polar surface area (TPSA) is 3.24 Å². The maximum absolute atomic E-state index is 13.1. The highest BCUT2D eigenvalue weighted by molar-refractivity contribution is 4.85. The van der Waals surface area contributed by atoms with Gasteiger partial charge in [0.1, 0.15) is 0 Å². The van der Waals surface area contributed by atoms with Crippen molar-refractivity contribution < 1.29 is 8.78 Å². The maximum Gasteiger partial charge on any atom is 0.250 e. The predicted molar refractivity (Wildman–Crippen MR) is 54.7 cm³/mol. The van der Waals surface area contributed by atoms with E-state index < -0.39 is 5.92 Å². The zero-order valence-corrected chi connectivity index (χ0v) is 9.39. The van der Waals surface area contributed by atoms with Gasteiger partial charge in [-0.05, 0) is 12.3 Å². The molecule has 0 aromatic heterocycles. The van der Waals surface area contributed by atoms with Gasteiger partial charge in [-0.25, -0.2) is 8.78 Å². The standard InChI is InChI=1S/C11H21F2N/c1-4-10-7-11(12,13)5-6-14(10)8-9(2)3/h9-10H,4-8H2,1-3H3. The van der Waals surface area contributed by atoms with Gasteiger partial charge < -0.3 is 0 Å². The van der Waals surface area contributed by atoms with Crippen LogP contribution in [0.25, 0.3) is 0 Å². The van der Waals surface area contributed by atoms with E-state index in [1.165, 1.54) is 0 Å². The van der Waals surface area contributed by atoms with Crippen molar-refractivity contribution in [1.29, 1.82) is 0 Å². The van der Waals surface area contributed by atoms with E-state index in [1.54, 1.807) is 0 Å². The number of piperidine rings is 1. The number of alkyl halides is 2. The summed E-state index contributed by atoms with van der Waals surface area (Å²) in [5.74, 6) is -1.86. The van der Waals surface area contributed by atoms with Gasteiger partial charge in [0.25, 0.3) is 5.92 Å². The second-order valence-corrected chi connectivity index (χ2v) is 4.76. The number of rotatable bonds is 3. The van der Waals surface area contributed by atoms with Crippen molar-refractivity contribution in [3.63, 3.8) is 0 Å². The zero-order chi connectivity index (χ0) is 10.8. The van der Waals surface area contributed by atoms with E-state index in [9.17, 15) is 8.78 Å². The lowest BCUT2D eigenvalue weighted by Gasteiger charge is -2.39. The molecule has 0 N–H and O–H groups in total. The van der Waals surface area contributed by atoms with Crippen molar-refractivity contribution in [3.8, 4) is 0 Å². The van der Waals surface area contributed by atoms with Gasteiger partial charge in [0, 0.05) is 32.0 Å². The summed E-state index contributed by atoms with van der Waals surface area (Å²) < 4.78 is 26.3. The van der Waals surface area contributed by atoms with E-state index in [1.807, 2.05) is 6.92 Å². The molecule has 0 spiro atoms. The minimum atomic E-state index is -2.42. The first-order valence-electron chi connectivity index (χ1n) is 5.56. The summed E-state index contributed by atoms with van der Waals surface area (Å²) in [4.78, 5) is 2.22. The molecule has 1 aliphatic rings. The zero-order valence-electron chi connectivity index (χ0n) is 9.39. The quantitative estimate of drug-likeness (QED) is 0.684. The highest BCUT2D eigenvalue weighted by Crippen LogP contribution is 2.33. The fourth-order valence-electron chi connectivity index (χ4n) is 2.18. The van der Waals surface area contributed by atoms with Crippen LogP contribution < -0.4 is 0 Å². The Morgan fingerprint density at radius 2 is 2.07 bits per heavy atom. The Bertz CT molecular complexity index is 180. The molecule has 0 aromatic rings. The van der Waals surface area contributed by atoms with E-state index in [0.29, 0.717) is 12.5 Å². The van der Waals surface area contributed by atoms with Crippen LogP contribution >= 0.6 is 0 Å². The summed E-state index contributed by atoms with van der Waals surface area (Å²) >= 11 is 0. The monoisotopic (exact) mass is 205 g/mol. The molecule has 1 unspecified atom stereocenters. The maximum atomic E-state index is 13.1. The molecule has 0 aromatic carbocycles. The highest BCUT2D eigenvalue weighted by atomic mass is 19.3. The van der Waals surface area contributed by atoms with Crippen LogP contribution in [0.4, 0.5) is 8.78 Å². The summed E-state index contributed by atoms with van der Waals surface area (Å²) in [5.41, 5.74) is 0. The lowest BCUT2D eigenvalue weighted by Crippen LogP contribution is -2.47. The van der Waals surface area contributed by atoms with E-state index in [4.69, 9.17) is 0 Å². The fraction of sp³-hybridized carbons (Fsp3) is 1.00. The first-order valence-corrected chi connectivity index (χ1v) is 5.56. The second-order valence-electron chi connectivity index (χ2n) is 4.76. The normalized spacial score (nSPS) is 28.3. The molecular weight excluding hydrogens is 184 g/mol. The molecule has 1 fully saturated rings. The first-order chi connectivity index (χ1) is 6.44. The lowest BCUT2D eigenvalue weighted by atomic mass is 9.95. The number of hydrogen-bond acceptors (Lipinski definition) is 1. The first kappa shape index (κ1) is 11.9. The molecule has 1 saturated heterocycles. The third-order valence-corrected chi connectivity index (χ3v) is 2.89. The number of halogens is 2. The molecule has 0 saturated carbocycles. The molecule has 1 aliphatic heterocycles. The molecule has 1 atom stereocenters. The number of likely N-dealkylation sites (tertiary alicyclic amines) is 1. The molecule has 1 rings (SSSR count). The average molecular weight is 205 g/mol. The lowest BCUT2D eigenvalue weighted by molar-refractivity contribution is -0.0807. The van der Waals surface area contributed by atoms with Gasteiger partial charge in [0.2, 0.25) is 0 Å². The van der Waals surface area contributed by atoms with Crippen molar-refractivity contribution in [2.24, 2.45) is 5.92 Å². The third-order valence-electron chi connectivity index (χ3n) is 2.89. The summed E-state index contributed by atoms with van der Waals surface area (Å²) in [5, 5.41) is 0. The van der Waals surface area contributed by atoms with Crippen LogP contribution in [0.2, 0.25) is 0 Å². The van der Waals surface area contributed by atoms with Crippen molar-refractivity contribution >= 4 is 0 Å².